The van der Waals surface area contributed by atoms with Crippen LogP contribution in [0, 0.1) is 5.92 Å². The van der Waals surface area contributed by atoms with Crippen LogP contribution in [0.15, 0.2) is 66.7 Å². The number of amides is 3. The van der Waals surface area contributed by atoms with Crippen LogP contribution in [0.4, 0.5) is 11.4 Å². The Morgan fingerprint density at radius 2 is 1.79 bits per heavy atom. The Hall–Kier alpha value is -4.03. The van der Waals surface area contributed by atoms with Crippen molar-refractivity contribution < 1.29 is 33.8 Å². The first kappa shape index (κ1) is 32.5. The Kier molecular flexibility index (Phi) is 8.22. The summed E-state index contributed by atoms with van der Waals surface area (Å²) < 4.78 is 12.5. The number of hydrogen-bond acceptors (Lipinski definition) is 7. The van der Waals surface area contributed by atoms with Crippen molar-refractivity contribution in [3.8, 4) is 5.75 Å². The molecule has 4 aliphatic heterocycles. The summed E-state index contributed by atoms with van der Waals surface area (Å²) in [5.74, 6) is -0.171. The Bertz CT molecular complexity index is 1760. The summed E-state index contributed by atoms with van der Waals surface area (Å²) in [5.41, 5.74) is 3.41. The molecule has 5 atom stereocenters. The number of hydrogen-bond donors (Lipinski definition) is 2. The van der Waals surface area contributed by atoms with Crippen molar-refractivity contribution in [2.45, 2.75) is 75.7 Å². The standard InChI is InChI=1S/C37H43N3O7Si/c1-23-35(48(3,4)45)32(19-34(43)39-21-26-8-6-5-7-25(26)17-28(39)22-41)47-37(23)30-18-29(46-2)13-14-31(30)40(36(37)44)20-24-9-11-27(12-10-24)38-16-15-33(38)42/h5-14,18,23,28,32,35,41,45H,15-17,19-22H2,1-4H3/t23-,28-,32+,35-,37+/m0/s1. The van der Waals surface area contributed by atoms with Crippen LogP contribution >= 0.6 is 0 Å². The first-order valence-corrected chi connectivity index (χ1v) is 19.8. The van der Waals surface area contributed by atoms with E-state index in [1.54, 1.807) is 21.8 Å². The van der Waals surface area contributed by atoms with E-state index in [0.29, 0.717) is 42.9 Å². The number of ether oxygens (including phenoxy) is 2. The molecule has 7 rings (SSSR count). The van der Waals surface area contributed by atoms with E-state index in [2.05, 4.69) is 0 Å². The average molecular weight is 670 g/mol. The predicted molar refractivity (Wildman–Crippen MR) is 183 cm³/mol. The first-order valence-electron chi connectivity index (χ1n) is 16.7. The molecule has 0 saturated carbocycles. The topological polar surface area (TPSA) is 120 Å². The van der Waals surface area contributed by atoms with E-state index >= 15 is 0 Å². The minimum absolute atomic E-state index is 0.0182. The zero-order valence-corrected chi connectivity index (χ0v) is 28.9. The highest BCUT2D eigenvalue weighted by Gasteiger charge is 2.66. The Balaban J connectivity index is 1.21. The average Bonchev–Trinajstić information content (AvgIpc) is 3.49. The maximum absolute atomic E-state index is 14.8. The third kappa shape index (κ3) is 5.24. The molecule has 48 heavy (non-hydrogen) atoms. The van der Waals surface area contributed by atoms with Crippen LogP contribution in [0.5, 0.6) is 5.75 Å². The zero-order chi connectivity index (χ0) is 34.0. The second-order valence-electron chi connectivity index (χ2n) is 14.1. The summed E-state index contributed by atoms with van der Waals surface area (Å²) in [6, 6.07) is 20.8. The highest BCUT2D eigenvalue weighted by atomic mass is 28.4. The van der Waals surface area contributed by atoms with Crippen LogP contribution in [0.25, 0.3) is 0 Å². The maximum Gasteiger partial charge on any atom is 0.264 e. The number of carbonyl (C=O) groups excluding carboxylic acids is 3. The lowest BCUT2D eigenvalue weighted by Crippen LogP contribution is -2.48. The molecule has 10 nitrogen and oxygen atoms in total. The Morgan fingerprint density at radius 3 is 2.42 bits per heavy atom. The summed E-state index contributed by atoms with van der Waals surface area (Å²) in [5, 5.41) is 10.3. The molecular formula is C37H43N3O7Si. The molecule has 3 aromatic carbocycles. The van der Waals surface area contributed by atoms with E-state index in [-0.39, 0.29) is 43.3 Å². The highest BCUT2D eigenvalue weighted by Crippen LogP contribution is 2.60. The number of benzene rings is 3. The molecule has 11 heteroatoms. The summed E-state index contributed by atoms with van der Waals surface area (Å²) in [6.45, 7) is 6.85. The summed E-state index contributed by atoms with van der Waals surface area (Å²) in [4.78, 5) is 57.8. The van der Waals surface area contributed by atoms with Crippen molar-refractivity contribution in [2.75, 3.05) is 30.1 Å². The molecule has 0 unspecified atom stereocenters. The lowest BCUT2D eigenvalue weighted by Gasteiger charge is -2.37. The number of methoxy groups -OCH3 is 1. The van der Waals surface area contributed by atoms with Gasteiger partial charge in [0, 0.05) is 42.2 Å². The van der Waals surface area contributed by atoms with Crippen molar-refractivity contribution in [1.82, 2.24) is 4.90 Å². The Labute approximate surface area is 282 Å². The van der Waals surface area contributed by atoms with Gasteiger partial charge in [-0.1, -0.05) is 43.3 Å². The number of aliphatic hydroxyl groups excluding tert-OH is 1. The zero-order valence-electron chi connectivity index (χ0n) is 27.9. The molecule has 0 bridgehead atoms. The molecule has 0 radical (unpaired) electrons. The van der Waals surface area contributed by atoms with Crippen molar-refractivity contribution in [2.24, 2.45) is 5.92 Å². The van der Waals surface area contributed by atoms with Gasteiger partial charge in [0.2, 0.25) is 11.8 Å². The van der Waals surface area contributed by atoms with E-state index in [9.17, 15) is 24.3 Å². The van der Waals surface area contributed by atoms with Crippen LogP contribution in [0.1, 0.15) is 42.0 Å². The summed E-state index contributed by atoms with van der Waals surface area (Å²) in [7, 11) is -1.43. The molecule has 0 aliphatic carbocycles. The van der Waals surface area contributed by atoms with Crippen LogP contribution in [-0.2, 0) is 44.2 Å². The lowest BCUT2D eigenvalue weighted by atomic mass is 9.82. The maximum atomic E-state index is 14.8. The quantitative estimate of drug-likeness (QED) is 0.274. The SMILES string of the molecule is COc1ccc2c(c1)[C@@]1(O[C@H](CC(=O)N3Cc4ccccc4C[C@H]3CO)[C@@H]([Si](C)(C)O)[C@@H]1C)C(=O)N2Cc1ccc(N2CCC2=O)cc1. The summed E-state index contributed by atoms with van der Waals surface area (Å²) >= 11 is 0. The largest absolute Gasteiger partial charge is 0.497 e. The van der Waals surface area contributed by atoms with Crippen LogP contribution in [-0.4, -0.2) is 73.2 Å². The minimum Gasteiger partial charge on any atom is -0.497 e. The molecular weight excluding hydrogens is 627 g/mol. The normalized spacial score (nSPS) is 26.5. The van der Waals surface area contributed by atoms with E-state index in [1.165, 1.54) is 0 Å². The van der Waals surface area contributed by atoms with Crippen molar-refractivity contribution in [3.63, 3.8) is 0 Å². The van der Waals surface area contributed by atoms with Gasteiger partial charge in [0.25, 0.3) is 5.91 Å². The first-order chi connectivity index (χ1) is 23.0. The molecule has 2 fully saturated rings. The molecule has 3 aromatic rings. The van der Waals surface area contributed by atoms with Gasteiger partial charge < -0.3 is 34.1 Å². The van der Waals surface area contributed by atoms with Gasteiger partial charge in [-0.3, -0.25) is 14.4 Å². The fraction of sp³-hybridized carbons (Fsp3) is 0.432. The van der Waals surface area contributed by atoms with Gasteiger partial charge in [0.1, 0.15) is 5.75 Å². The fourth-order valence-corrected chi connectivity index (χ4v) is 11.0. The van der Waals surface area contributed by atoms with Gasteiger partial charge >= 0.3 is 0 Å². The molecule has 252 valence electrons. The van der Waals surface area contributed by atoms with E-state index in [0.717, 1.165) is 22.4 Å². The molecule has 0 aromatic heterocycles. The predicted octanol–water partition coefficient (Wildman–Crippen LogP) is 4.11. The van der Waals surface area contributed by atoms with Gasteiger partial charge in [0.15, 0.2) is 13.9 Å². The number of aliphatic hydroxyl groups is 1. The monoisotopic (exact) mass is 669 g/mol. The van der Waals surface area contributed by atoms with Gasteiger partial charge in [-0.15, -0.1) is 0 Å². The van der Waals surface area contributed by atoms with Crippen molar-refractivity contribution >= 4 is 37.4 Å². The van der Waals surface area contributed by atoms with E-state index in [1.807, 2.05) is 86.7 Å². The molecule has 4 heterocycles. The molecule has 1 spiro atoms. The van der Waals surface area contributed by atoms with Crippen LogP contribution in [0.3, 0.4) is 0 Å². The van der Waals surface area contributed by atoms with Gasteiger partial charge in [-0.05, 0) is 66.5 Å². The van der Waals surface area contributed by atoms with Crippen LogP contribution < -0.4 is 14.5 Å². The number of anilines is 2. The van der Waals surface area contributed by atoms with Crippen molar-refractivity contribution in [3.05, 3.63) is 89.0 Å². The lowest BCUT2D eigenvalue weighted by molar-refractivity contribution is -0.151. The smallest absolute Gasteiger partial charge is 0.264 e. The number of carbonyl (C=O) groups is 3. The molecule has 3 amide bonds. The molecule has 4 aliphatic rings. The third-order valence-electron chi connectivity index (χ3n) is 10.9. The van der Waals surface area contributed by atoms with Gasteiger partial charge in [0.05, 0.1) is 44.5 Å². The number of rotatable bonds is 8. The van der Waals surface area contributed by atoms with Crippen LogP contribution in [0.2, 0.25) is 18.6 Å². The summed E-state index contributed by atoms with van der Waals surface area (Å²) in [6.07, 6.45) is 0.381. The van der Waals surface area contributed by atoms with Gasteiger partial charge in [-0.25, -0.2) is 0 Å². The number of β-lactam (4-membered cyclic amide) rings is 1. The fourth-order valence-electron chi connectivity index (χ4n) is 8.42. The minimum atomic E-state index is -3.01. The highest BCUT2D eigenvalue weighted by molar-refractivity contribution is 6.71. The Morgan fingerprint density at radius 1 is 1.06 bits per heavy atom. The second-order valence-corrected chi connectivity index (χ2v) is 18.1. The molecule has 2 saturated heterocycles. The van der Waals surface area contributed by atoms with E-state index < -0.39 is 31.5 Å². The number of nitrogens with zero attached hydrogens (tertiary/aromatic N) is 3. The molecule has 2 N–H and O–H groups in total. The third-order valence-corrected chi connectivity index (χ3v) is 13.4. The second kappa shape index (κ2) is 12.1. The van der Waals surface area contributed by atoms with Crippen molar-refractivity contribution in [1.29, 1.82) is 0 Å². The number of fused-ring (bicyclic) bond motifs is 3. The van der Waals surface area contributed by atoms with E-state index in [4.69, 9.17) is 9.47 Å². The van der Waals surface area contributed by atoms with Gasteiger partial charge in [-0.2, -0.15) is 0 Å².